The van der Waals surface area contributed by atoms with Crippen molar-refractivity contribution in [1.82, 2.24) is 9.03 Å². The highest BCUT2D eigenvalue weighted by Crippen LogP contribution is 2.23. The maximum atomic E-state index is 12.5. The molecule has 1 aliphatic rings. The highest BCUT2D eigenvalue weighted by molar-refractivity contribution is 7.87. The highest BCUT2D eigenvalue weighted by atomic mass is 35.5. The monoisotopic (exact) mass is 345 g/mol. The third-order valence-electron chi connectivity index (χ3n) is 3.65. The third-order valence-corrected chi connectivity index (χ3v) is 5.67. The van der Waals surface area contributed by atoms with E-state index < -0.39 is 16.3 Å². The molecule has 1 aliphatic heterocycles. The lowest BCUT2D eigenvalue weighted by Gasteiger charge is -2.21. The fraction of sp³-hybridized carbons (Fsp3) is 0.500. The molecule has 1 atom stereocenters. The number of rotatable bonds is 4. The first kappa shape index (κ1) is 17.2. The van der Waals surface area contributed by atoms with Crippen LogP contribution in [-0.2, 0) is 15.0 Å². The van der Waals surface area contributed by atoms with Crippen molar-refractivity contribution in [3.63, 3.8) is 0 Å². The molecule has 0 aliphatic carbocycles. The van der Waals surface area contributed by atoms with E-state index in [1.54, 1.807) is 25.2 Å². The molecular formula is C14H20ClN3O3S. The first-order valence-electron chi connectivity index (χ1n) is 7.07. The maximum Gasteiger partial charge on any atom is 0.280 e. The molecule has 1 aromatic carbocycles. The summed E-state index contributed by atoms with van der Waals surface area (Å²) in [6.07, 6.45) is 0.702. The van der Waals surface area contributed by atoms with Crippen LogP contribution in [0.25, 0.3) is 0 Å². The van der Waals surface area contributed by atoms with E-state index in [1.807, 2.05) is 13.8 Å². The van der Waals surface area contributed by atoms with Gasteiger partial charge in [0, 0.05) is 30.8 Å². The van der Waals surface area contributed by atoms with E-state index >= 15 is 0 Å². The molecule has 0 unspecified atom stereocenters. The van der Waals surface area contributed by atoms with Gasteiger partial charge < -0.3 is 4.90 Å². The van der Waals surface area contributed by atoms with E-state index in [9.17, 15) is 13.2 Å². The molecule has 0 spiro atoms. The molecule has 1 N–H and O–H groups in total. The van der Waals surface area contributed by atoms with E-state index in [0.29, 0.717) is 23.7 Å². The number of aryl methyl sites for hydroxylation is 1. The van der Waals surface area contributed by atoms with Gasteiger partial charge in [0.25, 0.3) is 10.2 Å². The minimum atomic E-state index is -3.56. The Morgan fingerprint density at radius 3 is 2.77 bits per heavy atom. The van der Waals surface area contributed by atoms with Crippen LogP contribution in [0.1, 0.15) is 18.9 Å². The lowest BCUT2D eigenvalue weighted by molar-refractivity contribution is -0.119. The summed E-state index contributed by atoms with van der Waals surface area (Å²) < 4.78 is 27.6. The van der Waals surface area contributed by atoms with Crippen molar-refractivity contribution in [1.29, 1.82) is 0 Å². The Morgan fingerprint density at radius 1 is 1.50 bits per heavy atom. The molecule has 2 rings (SSSR count). The summed E-state index contributed by atoms with van der Waals surface area (Å²) in [5.41, 5.74) is 1.54. The Balaban J connectivity index is 2.16. The van der Waals surface area contributed by atoms with Crippen molar-refractivity contribution < 1.29 is 13.2 Å². The number of hydrogen-bond acceptors (Lipinski definition) is 3. The summed E-state index contributed by atoms with van der Waals surface area (Å²) in [6.45, 7) is 4.31. The number of benzene rings is 1. The predicted octanol–water partition coefficient (Wildman–Crippen LogP) is 1.54. The molecule has 0 bridgehead atoms. The molecule has 1 aromatic rings. The van der Waals surface area contributed by atoms with Gasteiger partial charge in [-0.05, 0) is 37.1 Å². The zero-order valence-electron chi connectivity index (χ0n) is 12.8. The normalized spacial score (nSPS) is 21.0. The van der Waals surface area contributed by atoms with E-state index in [1.165, 1.54) is 9.21 Å². The molecule has 0 saturated carbocycles. The van der Waals surface area contributed by atoms with Crippen molar-refractivity contribution in [2.75, 3.05) is 25.0 Å². The Kier molecular flexibility index (Phi) is 5.11. The lowest BCUT2D eigenvalue weighted by Crippen LogP contribution is -2.44. The third kappa shape index (κ3) is 3.43. The smallest absolute Gasteiger partial charge is 0.280 e. The van der Waals surface area contributed by atoms with Crippen molar-refractivity contribution in [2.45, 2.75) is 26.3 Å². The van der Waals surface area contributed by atoms with Crippen LogP contribution in [0.2, 0.25) is 5.02 Å². The molecule has 1 heterocycles. The minimum Gasteiger partial charge on any atom is -0.314 e. The first-order valence-corrected chi connectivity index (χ1v) is 8.89. The van der Waals surface area contributed by atoms with Crippen LogP contribution >= 0.6 is 11.6 Å². The van der Waals surface area contributed by atoms with E-state index in [4.69, 9.17) is 11.6 Å². The largest absolute Gasteiger partial charge is 0.314 e. The standard InChI is InChI=1S/C14H20ClN3O3S/c1-4-7-18-9-13(16-22(18,20)21)14(19)17(3)11-5-6-12(15)10(2)8-11/h5-6,8,13,16H,4,7,9H2,1-3H3/t13-/m0/s1. The number of hydrogen-bond donors (Lipinski definition) is 1. The second-order valence-electron chi connectivity index (χ2n) is 5.36. The summed E-state index contributed by atoms with van der Waals surface area (Å²) in [4.78, 5) is 14.0. The minimum absolute atomic E-state index is 0.159. The number of nitrogens with zero attached hydrogens (tertiary/aromatic N) is 2. The Hall–Kier alpha value is -1.15. The zero-order chi connectivity index (χ0) is 16.5. The number of anilines is 1. The van der Waals surface area contributed by atoms with E-state index in [0.717, 1.165) is 5.56 Å². The van der Waals surface area contributed by atoms with Gasteiger partial charge in [-0.15, -0.1) is 0 Å². The quantitative estimate of drug-likeness (QED) is 0.900. The van der Waals surface area contributed by atoms with Gasteiger partial charge in [-0.3, -0.25) is 4.79 Å². The average Bonchev–Trinajstić information content (AvgIpc) is 2.76. The number of carbonyl (C=O) groups excluding carboxylic acids is 1. The molecule has 1 fully saturated rings. The van der Waals surface area contributed by atoms with Crippen molar-refractivity contribution in [3.05, 3.63) is 28.8 Å². The van der Waals surface area contributed by atoms with E-state index in [2.05, 4.69) is 4.72 Å². The van der Waals surface area contributed by atoms with Crippen molar-refractivity contribution >= 4 is 33.4 Å². The van der Waals surface area contributed by atoms with Gasteiger partial charge in [-0.2, -0.15) is 17.4 Å². The van der Waals surface area contributed by atoms with Crippen LogP contribution < -0.4 is 9.62 Å². The fourth-order valence-electron chi connectivity index (χ4n) is 2.38. The van der Waals surface area contributed by atoms with Crippen LogP contribution in [0, 0.1) is 6.92 Å². The molecule has 8 heteroatoms. The summed E-state index contributed by atoms with van der Waals surface area (Å²) in [7, 11) is -1.93. The van der Waals surface area contributed by atoms with Gasteiger partial charge in [0.2, 0.25) is 5.91 Å². The van der Waals surface area contributed by atoms with Gasteiger partial charge in [0.15, 0.2) is 0 Å². The van der Waals surface area contributed by atoms with Gasteiger partial charge >= 0.3 is 0 Å². The molecule has 122 valence electrons. The number of amides is 1. The molecular weight excluding hydrogens is 326 g/mol. The van der Waals surface area contributed by atoms with Crippen LogP contribution in [0.5, 0.6) is 0 Å². The molecule has 1 saturated heterocycles. The predicted molar refractivity (Wildman–Crippen MR) is 87.3 cm³/mol. The van der Waals surface area contributed by atoms with Gasteiger partial charge in [0.1, 0.15) is 6.04 Å². The van der Waals surface area contributed by atoms with Crippen LogP contribution in [0.15, 0.2) is 18.2 Å². The van der Waals surface area contributed by atoms with Crippen molar-refractivity contribution in [3.8, 4) is 0 Å². The molecule has 22 heavy (non-hydrogen) atoms. The van der Waals surface area contributed by atoms with Crippen LogP contribution in [0.3, 0.4) is 0 Å². The number of halogens is 1. The van der Waals surface area contributed by atoms with Gasteiger partial charge in [-0.1, -0.05) is 18.5 Å². The summed E-state index contributed by atoms with van der Waals surface area (Å²) in [6, 6.07) is 4.49. The fourth-order valence-corrected chi connectivity index (χ4v) is 3.95. The zero-order valence-corrected chi connectivity index (χ0v) is 14.4. The second kappa shape index (κ2) is 6.54. The maximum absolute atomic E-state index is 12.5. The summed E-state index contributed by atoms with van der Waals surface area (Å²) in [5.74, 6) is -0.288. The number of likely N-dealkylation sites (N-methyl/N-ethyl adjacent to an activating group) is 1. The average molecular weight is 346 g/mol. The van der Waals surface area contributed by atoms with E-state index in [-0.39, 0.29) is 12.5 Å². The Labute approximate surface area is 136 Å². The lowest BCUT2D eigenvalue weighted by atomic mass is 10.2. The van der Waals surface area contributed by atoms with Crippen molar-refractivity contribution in [2.24, 2.45) is 0 Å². The van der Waals surface area contributed by atoms with Gasteiger partial charge in [-0.25, -0.2) is 0 Å². The first-order chi connectivity index (χ1) is 10.3. The SMILES string of the molecule is CCCN1C[C@@H](C(=O)N(C)c2ccc(Cl)c(C)c2)NS1(=O)=O. The number of carbonyl (C=O) groups is 1. The van der Waals surface area contributed by atoms with Crippen LogP contribution in [-0.4, -0.2) is 44.8 Å². The Morgan fingerprint density at radius 2 is 2.18 bits per heavy atom. The summed E-state index contributed by atoms with van der Waals surface area (Å²) in [5, 5.41) is 0.625. The number of nitrogens with one attached hydrogen (secondary N) is 1. The topological polar surface area (TPSA) is 69.7 Å². The second-order valence-corrected chi connectivity index (χ2v) is 7.47. The molecule has 1 amide bonds. The highest BCUT2D eigenvalue weighted by Gasteiger charge is 2.39. The molecule has 0 radical (unpaired) electrons. The molecule has 0 aromatic heterocycles. The van der Waals surface area contributed by atoms with Crippen LogP contribution in [0.4, 0.5) is 5.69 Å². The molecule has 6 nitrogen and oxygen atoms in total. The Bertz CT molecular complexity index is 678. The summed E-state index contributed by atoms with van der Waals surface area (Å²) >= 11 is 5.98. The van der Waals surface area contributed by atoms with Gasteiger partial charge in [0.05, 0.1) is 0 Å².